The summed E-state index contributed by atoms with van der Waals surface area (Å²) in [6.45, 7) is 0.368. The van der Waals surface area contributed by atoms with Gasteiger partial charge in [0.05, 0.1) is 12.8 Å². The highest BCUT2D eigenvalue weighted by Gasteiger charge is 2.21. The first-order valence-corrected chi connectivity index (χ1v) is 9.33. The summed E-state index contributed by atoms with van der Waals surface area (Å²) in [7, 11) is 2.42. The second-order valence-electron chi connectivity index (χ2n) is 5.84. The summed E-state index contributed by atoms with van der Waals surface area (Å²) in [6, 6.07) is 13.8. The SMILES string of the molecule is COc1cccc(CNC(=O)c2ccc(N(C)S(=O)(=O)N(C)C)cc2)c1. The number of rotatable bonds is 7. The highest BCUT2D eigenvalue weighted by Crippen LogP contribution is 2.18. The molecule has 0 spiro atoms. The number of amides is 1. The van der Waals surface area contributed by atoms with Crippen molar-refractivity contribution >= 4 is 21.8 Å². The number of methoxy groups -OCH3 is 1. The molecule has 0 aliphatic heterocycles. The summed E-state index contributed by atoms with van der Waals surface area (Å²) < 4.78 is 31.7. The van der Waals surface area contributed by atoms with Crippen LogP contribution in [0.4, 0.5) is 5.69 Å². The van der Waals surface area contributed by atoms with Gasteiger partial charge in [0.2, 0.25) is 0 Å². The first kappa shape index (κ1) is 19.7. The van der Waals surface area contributed by atoms with Crippen LogP contribution in [-0.2, 0) is 16.8 Å². The van der Waals surface area contributed by atoms with E-state index in [1.54, 1.807) is 31.4 Å². The Morgan fingerprint density at radius 3 is 2.31 bits per heavy atom. The molecule has 140 valence electrons. The summed E-state index contributed by atoms with van der Waals surface area (Å²) in [6.07, 6.45) is 0. The zero-order chi connectivity index (χ0) is 19.3. The van der Waals surface area contributed by atoms with Crippen molar-refractivity contribution < 1.29 is 17.9 Å². The maximum atomic E-state index is 12.3. The van der Waals surface area contributed by atoms with E-state index in [4.69, 9.17) is 4.74 Å². The van der Waals surface area contributed by atoms with Gasteiger partial charge in [0.25, 0.3) is 5.91 Å². The first-order chi connectivity index (χ1) is 12.3. The van der Waals surface area contributed by atoms with Gasteiger partial charge in [0.1, 0.15) is 5.75 Å². The Kier molecular flexibility index (Phi) is 6.23. The molecule has 0 aliphatic rings. The Labute approximate surface area is 154 Å². The maximum absolute atomic E-state index is 12.3. The first-order valence-electron chi connectivity index (χ1n) is 7.93. The summed E-state index contributed by atoms with van der Waals surface area (Å²) in [5.41, 5.74) is 1.85. The van der Waals surface area contributed by atoms with Gasteiger partial charge in [-0.15, -0.1) is 0 Å². The standard InChI is InChI=1S/C18H23N3O4S/c1-20(2)26(23,24)21(3)16-10-8-15(9-11-16)18(22)19-13-14-6-5-7-17(12-14)25-4/h5-12H,13H2,1-4H3,(H,19,22). The van der Waals surface area contributed by atoms with Crippen molar-refractivity contribution in [2.45, 2.75) is 6.54 Å². The van der Waals surface area contributed by atoms with Gasteiger partial charge in [0.15, 0.2) is 0 Å². The zero-order valence-electron chi connectivity index (χ0n) is 15.3. The van der Waals surface area contributed by atoms with Crippen LogP contribution < -0.4 is 14.4 Å². The highest BCUT2D eigenvalue weighted by atomic mass is 32.2. The van der Waals surface area contributed by atoms with Crippen LogP contribution in [0.3, 0.4) is 0 Å². The van der Waals surface area contributed by atoms with Crippen LogP contribution in [0.25, 0.3) is 0 Å². The third-order valence-corrected chi connectivity index (χ3v) is 5.71. The smallest absolute Gasteiger partial charge is 0.303 e. The number of hydrogen-bond acceptors (Lipinski definition) is 4. The Bertz CT molecular complexity index is 864. The van der Waals surface area contributed by atoms with Gasteiger partial charge < -0.3 is 10.1 Å². The molecule has 0 unspecified atom stereocenters. The number of carbonyl (C=O) groups excluding carboxylic acids is 1. The Hall–Kier alpha value is -2.58. The second-order valence-corrected chi connectivity index (χ2v) is 8.01. The summed E-state index contributed by atoms with van der Waals surface area (Å²) >= 11 is 0. The van der Waals surface area contributed by atoms with Gasteiger partial charge in [-0.1, -0.05) is 12.1 Å². The number of carbonyl (C=O) groups is 1. The minimum absolute atomic E-state index is 0.238. The van der Waals surface area contributed by atoms with Crippen molar-refractivity contribution in [1.29, 1.82) is 0 Å². The van der Waals surface area contributed by atoms with Crippen LogP contribution in [0.1, 0.15) is 15.9 Å². The molecule has 2 aromatic rings. The van der Waals surface area contributed by atoms with Crippen molar-refractivity contribution in [2.75, 3.05) is 32.6 Å². The molecule has 7 nitrogen and oxygen atoms in total. The molecule has 0 bridgehead atoms. The fraction of sp³-hybridized carbons (Fsp3) is 0.278. The van der Waals surface area contributed by atoms with Gasteiger partial charge >= 0.3 is 10.2 Å². The van der Waals surface area contributed by atoms with Crippen molar-refractivity contribution in [2.24, 2.45) is 0 Å². The van der Waals surface area contributed by atoms with Gasteiger partial charge in [-0.25, -0.2) is 0 Å². The molecule has 1 N–H and O–H groups in total. The predicted octanol–water partition coefficient (Wildman–Crippen LogP) is 1.87. The number of nitrogens with zero attached hydrogens (tertiary/aromatic N) is 2. The third kappa shape index (κ3) is 4.53. The van der Waals surface area contributed by atoms with E-state index in [1.807, 2.05) is 24.3 Å². The van der Waals surface area contributed by atoms with E-state index in [0.29, 0.717) is 17.8 Å². The van der Waals surface area contributed by atoms with Crippen LogP contribution in [0.15, 0.2) is 48.5 Å². The molecular weight excluding hydrogens is 354 g/mol. The third-order valence-electron chi connectivity index (χ3n) is 3.89. The van der Waals surface area contributed by atoms with E-state index >= 15 is 0 Å². The molecule has 8 heteroatoms. The van der Waals surface area contributed by atoms with Crippen molar-refractivity contribution in [1.82, 2.24) is 9.62 Å². The molecule has 0 atom stereocenters. The number of benzene rings is 2. The Morgan fingerprint density at radius 2 is 1.73 bits per heavy atom. The number of ether oxygens (including phenoxy) is 1. The van der Waals surface area contributed by atoms with E-state index in [0.717, 1.165) is 19.9 Å². The lowest BCUT2D eigenvalue weighted by Crippen LogP contribution is -2.37. The van der Waals surface area contributed by atoms with E-state index < -0.39 is 10.2 Å². The van der Waals surface area contributed by atoms with Crippen LogP contribution in [0.2, 0.25) is 0 Å². The average Bonchev–Trinajstić information content (AvgIpc) is 2.65. The van der Waals surface area contributed by atoms with E-state index in [-0.39, 0.29) is 5.91 Å². The molecule has 0 fully saturated rings. The van der Waals surface area contributed by atoms with Crippen LogP contribution in [-0.4, -0.2) is 46.9 Å². The van der Waals surface area contributed by atoms with Gasteiger partial charge in [-0.3, -0.25) is 9.10 Å². The second kappa shape index (κ2) is 8.20. The lowest BCUT2D eigenvalue weighted by Gasteiger charge is -2.23. The summed E-state index contributed by atoms with van der Waals surface area (Å²) in [5, 5.41) is 2.83. The van der Waals surface area contributed by atoms with Crippen molar-refractivity contribution in [3.63, 3.8) is 0 Å². The molecule has 26 heavy (non-hydrogen) atoms. The van der Waals surface area contributed by atoms with E-state index in [2.05, 4.69) is 5.32 Å². The fourth-order valence-electron chi connectivity index (χ4n) is 2.27. The topological polar surface area (TPSA) is 79.0 Å². The Balaban J connectivity index is 2.04. The number of nitrogens with one attached hydrogen (secondary N) is 1. The van der Waals surface area contributed by atoms with Gasteiger partial charge in [0, 0.05) is 33.3 Å². The minimum atomic E-state index is -3.56. The molecule has 0 aromatic heterocycles. The Morgan fingerprint density at radius 1 is 1.08 bits per heavy atom. The molecular formula is C18H23N3O4S. The molecule has 0 saturated carbocycles. The van der Waals surface area contributed by atoms with Crippen LogP contribution in [0, 0.1) is 0 Å². The minimum Gasteiger partial charge on any atom is -0.497 e. The van der Waals surface area contributed by atoms with Crippen molar-refractivity contribution in [3.05, 3.63) is 59.7 Å². The zero-order valence-corrected chi connectivity index (χ0v) is 16.1. The monoisotopic (exact) mass is 377 g/mol. The molecule has 2 aromatic carbocycles. The van der Waals surface area contributed by atoms with Gasteiger partial charge in [-0.2, -0.15) is 12.7 Å². The molecule has 0 aliphatic carbocycles. The number of anilines is 1. The number of hydrogen-bond donors (Lipinski definition) is 1. The highest BCUT2D eigenvalue weighted by molar-refractivity contribution is 7.90. The molecule has 2 rings (SSSR count). The largest absolute Gasteiger partial charge is 0.497 e. The summed E-state index contributed by atoms with van der Waals surface area (Å²) in [4.78, 5) is 12.3. The molecule has 0 saturated heterocycles. The maximum Gasteiger partial charge on any atom is 0.303 e. The van der Waals surface area contributed by atoms with E-state index in [1.165, 1.54) is 21.1 Å². The molecule has 0 radical (unpaired) electrons. The molecule has 0 heterocycles. The van der Waals surface area contributed by atoms with Crippen molar-refractivity contribution in [3.8, 4) is 5.75 Å². The quantitative estimate of drug-likeness (QED) is 0.799. The van der Waals surface area contributed by atoms with Gasteiger partial charge in [-0.05, 0) is 42.0 Å². The summed E-state index contributed by atoms with van der Waals surface area (Å²) in [5.74, 6) is 0.490. The van der Waals surface area contributed by atoms with Crippen LogP contribution >= 0.6 is 0 Å². The van der Waals surface area contributed by atoms with E-state index in [9.17, 15) is 13.2 Å². The normalized spacial score (nSPS) is 11.3. The fourth-order valence-corrected chi connectivity index (χ4v) is 3.15. The predicted molar refractivity (Wildman–Crippen MR) is 102 cm³/mol. The van der Waals surface area contributed by atoms with Crippen LogP contribution in [0.5, 0.6) is 5.75 Å². The lowest BCUT2D eigenvalue weighted by atomic mass is 10.1. The lowest BCUT2D eigenvalue weighted by molar-refractivity contribution is 0.0951. The average molecular weight is 377 g/mol. The molecule has 1 amide bonds.